The number of alkyl halides is 3. The number of aryl methyl sites for hydroxylation is 1. The summed E-state index contributed by atoms with van der Waals surface area (Å²) in [6.07, 6.45) is -3.81. The lowest BCUT2D eigenvalue weighted by Crippen LogP contribution is -2.30. The van der Waals surface area contributed by atoms with E-state index in [0.717, 1.165) is 24.1 Å². The van der Waals surface area contributed by atoms with Gasteiger partial charge in [0.15, 0.2) is 0 Å². The molecule has 4 nitrogen and oxygen atoms in total. The second kappa shape index (κ2) is 7.16. The van der Waals surface area contributed by atoms with Crippen LogP contribution in [0.3, 0.4) is 0 Å². The highest BCUT2D eigenvalue weighted by Gasteiger charge is 2.34. The van der Waals surface area contributed by atoms with Crippen molar-refractivity contribution in [2.24, 2.45) is 0 Å². The van der Waals surface area contributed by atoms with Crippen molar-refractivity contribution in [1.82, 2.24) is 0 Å². The topological polar surface area (TPSA) is 58.2 Å². The Hall–Kier alpha value is -2.83. The van der Waals surface area contributed by atoms with Crippen LogP contribution in [0.25, 0.3) is 0 Å². The molecule has 0 radical (unpaired) electrons. The molecule has 0 aliphatic rings. The number of amides is 2. The van der Waals surface area contributed by atoms with Crippen LogP contribution >= 0.6 is 0 Å². The molecule has 126 valence electrons. The molecule has 0 aliphatic carbocycles. The molecule has 7 heteroatoms. The van der Waals surface area contributed by atoms with E-state index < -0.39 is 29.2 Å². The van der Waals surface area contributed by atoms with Crippen LogP contribution in [0.2, 0.25) is 0 Å². The van der Waals surface area contributed by atoms with E-state index in [1.165, 1.54) is 12.1 Å². The molecule has 2 aromatic rings. The lowest BCUT2D eigenvalue weighted by Gasteiger charge is -2.13. The second-order valence-corrected chi connectivity index (χ2v) is 5.00. The predicted molar refractivity (Wildman–Crippen MR) is 84.5 cm³/mol. The first-order chi connectivity index (χ1) is 11.3. The van der Waals surface area contributed by atoms with Crippen LogP contribution in [0.5, 0.6) is 0 Å². The first-order valence-corrected chi connectivity index (χ1v) is 7.18. The number of para-hydroxylation sites is 1. The van der Waals surface area contributed by atoms with Gasteiger partial charge in [0.2, 0.25) is 0 Å². The van der Waals surface area contributed by atoms with E-state index >= 15 is 0 Å². The Morgan fingerprint density at radius 2 is 1.50 bits per heavy atom. The summed E-state index contributed by atoms with van der Waals surface area (Å²) in [6.45, 7) is 1.97. The summed E-state index contributed by atoms with van der Waals surface area (Å²) < 4.78 is 38.6. The van der Waals surface area contributed by atoms with Crippen molar-refractivity contribution >= 4 is 23.2 Å². The molecular weight excluding hydrogens is 321 g/mol. The van der Waals surface area contributed by atoms with Gasteiger partial charge in [-0.3, -0.25) is 9.59 Å². The lowest BCUT2D eigenvalue weighted by molar-refractivity contribution is -0.137. The summed E-state index contributed by atoms with van der Waals surface area (Å²) in [5, 5.41) is 4.33. The van der Waals surface area contributed by atoms with Crippen molar-refractivity contribution in [3.63, 3.8) is 0 Å². The normalized spacial score (nSPS) is 11.0. The van der Waals surface area contributed by atoms with E-state index in [2.05, 4.69) is 5.32 Å². The van der Waals surface area contributed by atoms with Crippen molar-refractivity contribution in [2.45, 2.75) is 19.5 Å². The Labute approximate surface area is 136 Å². The third kappa shape index (κ3) is 4.34. The lowest BCUT2D eigenvalue weighted by atomic mass is 10.1. The van der Waals surface area contributed by atoms with Gasteiger partial charge in [-0.25, -0.2) is 0 Å². The van der Waals surface area contributed by atoms with Gasteiger partial charge in [0.1, 0.15) is 0 Å². The molecule has 0 heterocycles. The number of anilines is 2. The summed E-state index contributed by atoms with van der Waals surface area (Å²) >= 11 is 0. The molecule has 0 aromatic heterocycles. The maximum absolute atomic E-state index is 12.9. The van der Waals surface area contributed by atoms with Gasteiger partial charge in [-0.15, -0.1) is 0 Å². The monoisotopic (exact) mass is 336 g/mol. The average molecular weight is 336 g/mol. The smallest absolute Gasteiger partial charge is 0.318 e. The molecule has 0 fully saturated rings. The molecule has 0 atom stereocenters. The van der Waals surface area contributed by atoms with Crippen molar-refractivity contribution in [3.8, 4) is 0 Å². The molecule has 2 rings (SSSR count). The summed E-state index contributed by atoms with van der Waals surface area (Å²) in [4.78, 5) is 23.7. The quantitative estimate of drug-likeness (QED) is 0.837. The van der Waals surface area contributed by atoms with E-state index in [1.54, 1.807) is 24.3 Å². The highest BCUT2D eigenvalue weighted by Crippen LogP contribution is 2.34. The van der Waals surface area contributed by atoms with Gasteiger partial charge in [0.05, 0.1) is 11.3 Å². The van der Waals surface area contributed by atoms with Gasteiger partial charge in [-0.2, -0.15) is 13.2 Å². The zero-order valence-electron chi connectivity index (χ0n) is 12.8. The standard InChI is InChI=1S/C17H15F3N2O2/c1-2-11-7-9-12(10-8-11)21-15(23)16(24)22-14-6-4-3-5-13(14)17(18,19)20/h3-10H,2H2,1H3,(H,21,23)(H,22,24). The number of rotatable bonds is 3. The minimum Gasteiger partial charge on any atom is -0.318 e. The maximum atomic E-state index is 12.9. The third-order valence-corrected chi connectivity index (χ3v) is 3.31. The molecule has 0 bridgehead atoms. The SMILES string of the molecule is CCc1ccc(NC(=O)C(=O)Nc2ccccc2C(F)(F)F)cc1. The molecule has 2 aromatic carbocycles. The van der Waals surface area contributed by atoms with Crippen LogP contribution in [0.15, 0.2) is 48.5 Å². The predicted octanol–water partition coefficient (Wildman–Crippen LogP) is 3.85. The van der Waals surface area contributed by atoms with E-state index in [4.69, 9.17) is 0 Å². The fraction of sp³-hybridized carbons (Fsp3) is 0.176. The summed E-state index contributed by atoms with van der Waals surface area (Å²) in [6, 6.07) is 11.3. The highest BCUT2D eigenvalue weighted by atomic mass is 19.4. The van der Waals surface area contributed by atoms with E-state index in [1.807, 2.05) is 12.2 Å². The van der Waals surface area contributed by atoms with Crippen LogP contribution in [0, 0.1) is 0 Å². The van der Waals surface area contributed by atoms with Crippen LogP contribution in [-0.4, -0.2) is 11.8 Å². The molecule has 0 aliphatic heterocycles. The zero-order valence-corrected chi connectivity index (χ0v) is 12.8. The molecule has 2 amide bonds. The first kappa shape index (κ1) is 17.5. The fourth-order valence-electron chi connectivity index (χ4n) is 2.03. The van der Waals surface area contributed by atoms with Crippen molar-refractivity contribution in [3.05, 3.63) is 59.7 Å². The van der Waals surface area contributed by atoms with Gasteiger partial charge < -0.3 is 10.6 Å². The Kier molecular flexibility index (Phi) is 5.23. The van der Waals surface area contributed by atoms with E-state index in [9.17, 15) is 22.8 Å². The number of halogens is 3. The van der Waals surface area contributed by atoms with Crippen molar-refractivity contribution < 1.29 is 22.8 Å². The Morgan fingerprint density at radius 1 is 0.917 bits per heavy atom. The number of nitrogens with one attached hydrogen (secondary N) is 2. The van der Waals surface area contributed by atoms with Gasteiger partial charge >= 0.3 is 18.0 Å². The van der Waals surface area contributed by atoms with Gasteiger partial charge in [-0.05, 0) is 36.2 Å². The van der Waals surface area contributed by atoms with Crippen LogP contribution in [0.4, 0.5) is 24.5 Å². The van der Waals surface area contributed by atoms with Gasteiger partial charge in [-0.1, -0.05) is 31.2 Å². The number of hydrogen-bond acceptors (Lipinski definition) is 2. The fourth-order valence-corrected chi connectivity index (χ4v) is 2.03. The number of benzene rings is 2. The van der Waals surface area contributed by atoms with Crippen LogP contribution in [-0.2, 0) is 22.2 Å². The molecule has 24 heavy (non-hydrogen) atoms. The molecular formula is C17H15F3N2O2. The van der Waals surface area contributed by atoms with Crippen molar-refractivity contribution in [2.75, 3.05) is 10.6 Å². The summed E-state index contributed by atoms with van der Waals surface area (Å²) in [5.41, 5.74) is -0.0436. The summed E-state index contributed by atoms with van der Waals surface area (Å²) in [7, 11) is 0. The van der Waals surface area contributed by atoms with E-state index in [-0.39, 0.29) is 0 Å². The molecule has 0 saturated heterocycles. The van der Waals surface area contributed by atoms with Crippen molar-refractivity contribution in [1.29, 1.82) is 0 Å². The van der Waals surface area contributed by atoms with Crippen LogP contribution < -0.4 is 10.6 Å². The maximum Gasteiger partial charge on any atom is 0.418 e. The van der Waals surface area contributed by atoms with E-state index in [0.29, 0.717) is 5.69 Å². The van der Waals surface area contributed by atoms with Gasteiger partial charge in [0.25, 0.3) is 0 Å². The second-order valence-electron chi connectivity index (χ2n) is 5.00. The zero-order chi connectivity index (χ0) is 17.7. The largest absolute Gasteiger partial charge is 0.418 e. The molecule has 0 unspecified atom stereocenters. The average Bonchev–Trinajstić information content (AvgIpc) is 2.55. The Bertz CT molecular complexity index is 740. The Balaban J connectivity index is 2.08. The third-order valence-electron chi connectivity index (χ3n) is 3.31. The molecule has 0 saturated carbocycles. The molecule has 0 spiro atoms. The minimum atomic E-state index is -4.63. The van der Waals surface area contributed by atoms with Crippen LogP contribution in [0.1, 0.15) is 18.1 Å². The first-order valence-electron chi connectivity index (χ1n) is 7.18. The highest BCUT2D eigenvalue weighted by molar-refractivity contribution is 6.43. The summed E-state index contributed by atoms with van der Waals surface area (Å²) in [5.74, 6) is -2.22. The number of hydrogen-bond donors (Lipinski definition) is 2. The number of carbonyl (C=O) groups excluding carboxylic acids is 2. The van der Waals surface area contributed by atoms with Gasteiger partial charge in [0, 0.05) is 5.69 Å². The Morgan fingerprint density at radius 3 is 2.08 bits per heavy atom. The minimum absolute atomic E-state index is 0.386. The number of carbonyl (C=O) groups is 2. The molecule has 2 N–H and O–H groups in total.